The third kappa shape index (κ3) is 2.94. The average molecular weight is 412 g/mol. The predicted molar refractivity (Wildman–Crippen MR) is 113 cm³/mol. The number of anilines is 1. The van der Waals surface area contributed by atoms with E-state index in [1.807, 2.05) is 18.2 Å². The molecule has 150 valence electrons. The number of hydrogen-bond acceptors (Lipinski definition) is 5. The number of carbonyl (C=O) groups excluding carboxylic acids is 1. The van der Waals surface area contributed by atoms with Crippen molar-refractivity contribution in [1.29, 1.82) is 0 Å². The van der Waals surface area contributed by atoms with E-state index in [1.54, 1.807) is 0 Å². The summed E-state index contributed by atoms with van der Waals surface area (Å²) >= 11 is 6.30. The first-order chi connectivity index (χ1) is 14.1. The molecule has 0 saturated carbocycles. The van der Waals surface area contributed by atoms with Crippen LogP contribution in [-0.2, 0) is 11.3 Å². The number of piperazine rings is 1. The summed E-state index contributed by atoms with van der Waals surface area (Å²) in [5.74, 6) is 0.535. The van der Waals surface area contributed by atoms with Crippen molar-refractivity contribution < 1.29 is 14.3 Å². The number of hydrogen-bond donors (Lipinski definition) is 0. The fourth-order valence-electron chi connectivity index (χ4n) is 4.59. The quantitative estimate of drug-likeness (QED) is 0.559. The molecule has 1 saturated heterocycles. The van der Waals surface area contributed by atoms with Gasteiger partial charge in [0.2, 0.25) is 0 Å². The van der Waals surface area contributed by atoms with Crippen molar-refractivity contribution in [3.8, 4) is 5.75 Å². The van der Waals surface area contributed by atoms with Gasteiger partial charge in [-0.1, -0.05) is 29.8 Å². The van der Waals surface area contributed by atoms with Gasteiger partial charge in [0.1, 0.15) is 0 Å². The lowest BCUT2D eigenvalue weighted by Gasteiger charge is -2.41. The van der Waals surface area contributed by atoms with E-state index in [1.165, 1.54) is 18.4 Å². The summed E-state index contributed by atoms with van der Waals surface area (Å²) in [4.78, 5) is 16.9. The fourth-order valence-corrected chi connectivity index (χ4v) is 4.76. The van der Waals surface area contributed by atoms with Crippen LogP contribution in [0.15, 0.2) is 42.5 Å². The Labute approximate surface area is 174 Å². The number of halogens is 1. The molecule has 3 aromatic rings. The smallest absolute Gasteiger partial charge is 0.437 e. The number of likely N-dealkylation sites (N-methyl/N-ethyl adjacent to an activating group) is 1. The zero-order valence-electron chi connectivity index (χ0n) is 16.4. The highest BCUT2D eigenvalue weighted by Gasteiger charge is 2.37. The topological polar surface area (TPSA) is 46.9 Å². The molecule has 1 unspecified atom stereocenters. The van der Waals surface area contributed by atoms with Gasteiger partial charge < -0.3 is 23.8 Å². The second kappa shape index (κ2) is 6.97. The molecular formula is C22H22ClN3O3. The molecule has 3 heterocycles. The highest BCUT2D eigenvalue weighted by molar-refractivity contribution is 6.31. The molecule has 29 heavy (non-hydrogen) atoms. The van der Waals surface area contributed by atoms with Crippen LogP contribution in [0.2, 0.25) is 5.02 Å². The lowest BCUT2D eigenvalue weighted by atomic mass is 10.1. The first-order valence-electron chi connectivity index (χ1n) is 9.67. The summed E-state index contributed by atoms with van der Waals surface area (Å²) in [6.45, 7) is 3.41. The maximum atomic E-state index is 12.1. The third-order valence-corrected chi connectivity index (χ3v) is 6.13. The zero-order chi connectivity index (χ0) is 20.1. The SMILES string of the molecule is COC(=O)Oc1c2n(c3ccc(Cl)cc13)Cc1ccccc1N1CCN(C)CC21. The Morgan fingerprint density at radius 3 is 2.83 bits per heavy atom. The van der Waals surface area contributed by atoms with Crippen molar-refractivity contribution in [1.82, 2.24) is 9.47 Å². The zero-order valence-corrected chi connectivity index (χ0v) is 17.1. The minimum absolute atomic E-state index is 0.0447. The molecule has 1 atom stereocenters. The summed E-state index contributed by atoms with van der Waals surface area (Å²) in [6, 6.07) is 14.3. The number of benzene rings is 2. The van der Waals surface area contributed by atoms with Crippen LogP contribution in [0.4, 0.5) is 10.5 Å². The number of para-hydroxylation sites is 1. The highest BCUT2D eigenvalue weighted by atomic mass is 35.5. The molecule has 1 aromatic heterocycles. The van der Waals surface area contributed by atoms with Crippen LogP contribution in [-0.4, -0.2) is 49.4 Å². The molecule has 0 aliphatic carbocycles. The molecule has 5 rings (SSSR count). The second-order valence-electron chi connectivity index (χ2n) is 7.62. The molecule has 0 amide bonds. The molecule has 0 bridgehead atoms. The molecule has 0 N–H and O–H groups in total. The Bertz CT molecular complexity index is 1110. The molecule has 7 heteroatoms. The van der Waals surface area contributed by atoms with Gasteiger partial charge in [-0.2, -0.15) is 0 Å². The first kappa shape index (κ1) is 18.3. The number of aromatic nitrogens is 1. The highest BCUT2D eigenvalue weighted by Crippen LogP contribution is 2.45. The molecule has 0 spiro atoms. The van der Waals surface area contributed by atoms with Crippen molar-refractivity contribution in [2.75, 3.05) is 38.7 Å². The molecule has 1 fully saturated rings. The summed E-state index contributed by atoms with van der Waals surface area (Å²) in [5.41, 5.74) is 4.46. The molecule has 0 radical (unpaired) electrons. The van der Waals surface area contributed by atoms with E-state index in [2.05, 4.69) is 45.7 Å². The van der Waals surface area contributed by atoms with E-state index < -0.39 is 6.16 Å². The monoisotopic (exact) mass is 411 g/mol. The maximum absolute atomic E-state index is 12.1. The molecule has 2 aliphatic heterocycles. The van der Waals surface area contributed by atoms with E-state index in [4.69, 9.17) is 21.1 Å². The van der Waals surface area contributed by atoms with Crippen LogP contribution < -0.4 is 9.64 Å². The van der Waals surface area contributed by atoms with Gasteiger partial charge in [0.05, 0.1) is 30.9 Å². The molecule has 2 aromatic carbocycles. The normalized spacial score (nSPS) is 18.6. The van der Waals surface area contributed by atoms with Crippen LogP contribution >= 0.6 is 11.6 Å². The fraction of sp³-hybridized carbons (Fsp3) is 0.318. The Morgan fingerprint density at radius 2 is 2.00 bits per heavy atom. The van der Waals surface area contributed by atoms with Crippen LogP contribution in [0.25, 0.3) is 10.9 Å². The van der Waals surface area contributed by atoms with Gasteiger partial charge in [-0.25, -0.2) is 4.79 Å². The Morgan fingerprint density at radius 1 is 1.17 bits per heavy atom. The minimum Gasteiger partial charge on any atom is -0.437 e. The van der Waals surface area contributed by atoms with Crippen molar-refractivity contribution in [2.24, 2.45) is 0 Å². The predicted octanol–water partition coefficient (Wildman–Crippen LogP) is 4.29. The Balaban J connectivity index is 1.81. The van der Waals surface area contributed by atoms with E-state index in [0.29, 0.717) is 17.3 Å². The number of nitrogens with zero attached hydrogens (tertiary/aromatic N) is 3. The average Bonchev–Trinajstić information content (AvgIpc) is 2.92. The van der Waals surface area contributed by atoms with Gasteiger partial charge in [-0.3, -0.25) is 0 Å². The maximum Gasteiger partial charge on any atom is 0.513 e. The van der Waals surface area contributed by atoms with Crippen molar-refractivity contribution in [2.45, 2.75) is 12.6 Å². The van der Waals surface area contributed by atoms with Crippen LogP contribution in [0, 0.1) is 0 Å². The minimum atomic E-state index is -0.724. The summed E-state index contributed by atoms with van der Waals surface area (Å²) in [6.07, 6.45) is -0.724. The van der Waals surface area contributed by atoms with Gasteiger partial charge in [-0.05, 0) is 36.9 Å². The largest absolute Gasteiger partial charge is 0.513 e. The van der Waals surface area contributed by atoms with E-state index in [0.717, 1.165) is 36.2 Å². The third-order valence-electron chi connectivity index (χ3n) is 5.90. The van der Waals surface area contributed by atoms with Gasteiger partial charge in [0, 0.05) is 35.7 Å². The summed E-state index contributed by atoms with van der Waals surface area (Å²) in [5, 5.41) is 1.43. The number of methoxy groups -OCH3 is 1. The lowest BCUT2D eigenvalue weighted by Crippen LogP contribution is -2.47. The van der Waals surface area contributed by atoms with Crippen LogP contribution in [0.1, 0.15) is 17.3 Å². The van der Waals surface area contributed by atoms with Gasteiger partial charge >= 0.3 is 6.16 Å². The van der Waals surface area contributed by atoms with Crippen molar-refractivity contribution >= 4 is 34.3 Å². The number of rotatable bonds is 1. The van der Waals surface area contributed by atoms with E-state index in [-0.39, 0.29) is 6.04 Å². The summed E-state index contributed by atoms with van der Waals surface area (Å²) in [7, 11) is 3.45. The van der Waals surface area contributed by atoms with E-state index >= 15 is 0 Å². The number of carbonyl (C=O) groups is 1. The van der Waals surface area contributed by atoms with Gasteiger partial charge in [0.25, 0.3) is 0 Å². The van der Waals surface area contributed by atoms with Crippen LogP contribution in [0.3, 0.4) is 0 Å². The molecule has 6 nitrogen and oxygen atoms in total. The van der Waals surface area contributed by atoms with Gasteiger partial charge in [-0.15, -0.1) is 0 Å². The van der Waals surface area contributed by atoms with Crippen molar-refractivity contribution in [3.05, 3.63) is 58.7 Å². The van der Waals surface area contributed by atoms with Crippen LogP contribution in [0.5, 0.6) is 5.75 Å². The van der Waals surface area contributed by atoms with E-state index in [9.17, 15) is 4.79 Å². The van der Waals surface area contributed by atoms with Crippen molar-refractivity contribution in [3.63, 3.8) is 0 Å². The molecule has 2 aliphatic rings. The number of ether oxygens (including phenoxy) is 2. The Hall–Kier alpha value is -2.70. The lowest BCUT2D eigenvalue weighted by molar-refractivity contribution is 0.121. The second-order valence-corrected chi connectivity index (χ2v) is 8.05. The summed E-state index contributed by atoms with van der Waals surface area (Å²) < 4.78 is 12.8. The number of fused-ring (bicyclic) bond motifs is 7. The first-order valence-corrected chi connectivity index (χ1v) is 10.0. The standard InChI is InChI=1S/C22H22ClN3O3/c1-24-9-10-25-17-6-4-3-5-14(17)12-26-18-8-7-15(23)11-16(18)21(29-22(27)28-2)20(26)19(25)13-24/h3-8,11,19H,9-10,12-13H2,1-2H3. The van der Waals surface area contributed by atoms with Gasteiger partial charge in [0.15, 0.2) is 5.75 Å². The Kier molecular flexibility index (Phi) is 4.41. The molecular weight excluding hydrogens is 390 g/mol.